The Kier molecular flexibility index (Phi) is 4.03. The van der Waals surface area contributed by atoms with Crippen molar-refractivity contribution >= 4 is 17.0 Å². The van der Waals surface area contributed by atoms with Crippen molar-refractivity contribution in [3.8, 4) is 0 Å². The van der Waals surface area contributed by atoms with Gasteiger partial charge >= 0.3 is 0 Å². The average Bonchev–Trinajstić information content (AvgIpc) is 2.96. The smallest absolute Gasteiger partial charge is 0.266 e. The molecule has 25 heavy (non-hydrogen) atoms. The second-order valence-electron chi connectivity index (χ2n) is 6.89. The number of hydrogen-bond acceptors (Lipinski definition) is 4. The monoisotopic (exact) mass is 337 g/mol. The van der Waals surface area contributed by atoms with E-state index in [0.717, 1.165) is 48.6 Å². The number of imidazole rings is 1. The van der Waals surface area contributed by atoms with Gasteiger partial charge in [0, 0.05) is 32.7 Å². The summed E-state index contributed by atoms with van der Waals surface area (Å²) in [6, 6.07) is 11.6. The van der Waals surface area contributed by atoms with Crippen molar-refractivity contribution in [3.63, 3.8) is 0 Å². The van der Waals surface area contributed by atoms with Gasteiger partial charge in [-0.05, 0) is 43.9 Å². The zero-order valence-corrected chi connectivity index (χ0v) is 14.7. The molecule has 0 unspecified atom stereocenters. The highest BCUT2D eigenvalue weighted by Crippen LogP contribution is 2.26. The number of anilines is 1. The minimum Gasteiger partial charge on any atom is -0.342 e. The fourth-order valence-corrected chi connectivity index (χ4v) is 3.66. The Morgan fingerprint density at radius 2 is 1.88 bits per heavy atom. The van der Waals surface area contributed by atoms with Gasteiger partial charge in [-0.1, -0.05) is 12.1 Å². The summed E-state index contributed by atoms with van der Waals surface area (Å²) >= 11 is 0. The number of nitrogens with zero attached hydrogens (tertiary/aromatic N) is 5. The molecule has 0 aliphatic carbocycles. The minimum absolute atomic E-state index is 0.0108. The normalized spacial score (nSPS) is 15.8. The first-order chi connectivity index (χ1) is 12.1. The standard InChI is InChI=1S/C19H23N5O/c1-14-7-8-18(25)24(21-14)13-15-9-11-23(12-10-15)19-20-16-5-3-4-6-17(16)22(19)2/h3-8,15H,9-13H2,1-2H3. The molecule has 6 nitrogen and oxygen atoms in total. The number of piperidine rings is 1. The molecule has 3 aromatic rings. The Morgan fingerprint density at radius 3 is 2.64 bits per heavy atom. The van der Waals surface area contributed by atoms with Crippen LogP contribution in [-0.2, 0) is 13.6 Å². The first-order valence-corrected chi connectivity index (χ1v) is 8.83. The molecule has 0 radical (unpaired) electrons. The maximum Gasteiger partial charge on any atom is 0.266 e. The summed E-state index contributed by atoms with van der Waals surface area (Å²) < 4.78 is 3.78. The Balaban J connectivity index is 1.46. The first kappa shape index (κ1) is 15.9. The Morgan fingerprint density at radius 1 is 1.12 bits per heavy atom. The van der Waals surface area contributed by atoms with Crippen molar-refractivity contribution in [1.29, 1.82) is 0 Å². The number of rotatable bonds is 3. The van der Waals surface area contributed by atoms with E-state index >= 15 is 0 Å². The second-order valence-corrected chi connectivity index (χ2v) is 6.89. The van der Waals surface area contributed by atoms with E-state index in [2.05, 4.69) is 33.7 Å². The summed E-state index contributed by atoms with van der Waals surface area (Å²) in [4.78, 5) is 19.1. The molecule has 1 aliphatic rings. The van der Waals surface area contributed by atoms with Crippen LogP contribution in [0.1, 0.15) is 18.5 Å². The molecule has 1 fully saturated rings. The number of benzene rings is 1. The van der Waals surface area contributed by atoms with Gasteiger partial charge in [-0.3, -0.25) is 4.79 Å². The Labute approximate surface area is 146 Å². The molecule has 130 valence electrons. The largest absolute Gasteiger partial charge is 0.342 e. The molecule has 0 atom stereocenters. The fraction of sp³-hybridized carbons (Fsp3) is 0.421. The van der Waals surface area contributed by atoms with Gasteiger partial charge in [0.15, 0.2) is 0 Å². The van der Waals surface area contributed by atoms with Crippen molar-refractivity contribution in [2.45, 2.75) is 26.3 Å². The predicted molar refractivity (Wildman–Crippen MR) is 98.9 cm³/mol. The number of aryl methyl sites for hydroxylation is 2. The third-order valence-electron chi connectivity index (χ3n) is 5.09. The fourth-order valence-electron chi connectivity index (χ4n) is 3.66. The molecule has 0 bridgehead atoms. The molecule has 1 saturated heterocycles. The van der Waals surface area contributed by atoms with E-state index in [1.54, 1.807) is 16.8 Å². The molecule has 0 N–H and O–H groups in total. The molecule has 4 rings (SSSR count). The van der Waals surface area contributed by atoms with E-state index in [0.29, 0.717) is 12.5 Å². The van der Waals surface area contributed by atoms with Gasteiger partial charge in [0.1, 0.15) is 0 Å². The van der Waals surface area contributed by atoms with Crippen LogP contribution < -0.4 is 10.5 Å². The molecule has 0 spiro atoms. The summed E-state index contributed by atoms with van der Waals surface area (Å²) in [5.41, 5.74) is 3.08. The number of para-hydroxylation sites is 2. The highest BCUT2D eigenvalue weighted by molar-refractivity contribution is 5.78. The van der Waals surface area contributed by atoms with Gasteiger partial charge in [-0.25, -0.2) is 9.67 Å². The zero-order valence-electron chi connectivity index (χ0n) is 14.7. The maximum absolute atomic E-state index is 12.0. The van der Waals surface area contributed by atoms with Crippen LogP contribution in [0.5, 0.6) is 0 Å². The predicted octanol–water partition coefficient (Wildman–Crippen LogP) is 2.36. The third-order valence-corrected chi connectivity index (χ3v) is 5.09. The molecular weight excluding hydrogens is 314 g/mol. The van der Waals surface area contributed by atoms with Crippen molar-refractivity contribution in [2.24, 2.45) is 13.0 Å². The quantitative estimate of drug-likeness (QED) is 0.736. The lowest BCUT2D eigenvalue weighted by Crippen LogP contribution is -2.38. The Bertz CT molecular complexity index is 950. The van der Waals surface area contributed by atoms with Crippen LogP contribution >= 0.6 is 0 Å². The molecule has 0 saturated carbocycles. The van der Waals surface area contributed by atoms with Crippen molar-refractivity contribution in [1.82, 2.24) is 19.3 Å². The highest BCUT2D eigenvalue weighted by Gasteiger charge is 2.23. The van der Waals surface area contributed by atoms with Gasteiger partial charge in [0.2, 0.25) is 5.95 Å². The molecule has 6 heteroatoms. The third kappa shape index (κ3) is 3.04. The summed E-state index contributed by atoms with van der Waals surface area (Å²) in [6.45, 7) is 4.55. The Hall–Kier alpha value is -2.63. The SMILES string of the molecule is Cc1ccc(=O)n(CC2CCN(c3nc4ccccc4n3C)CC2)n1. The van der Waals surface area contributed by atoms with Crippen LogP contribution in [0.15, 0.2) is 41.2 Å². The van der Waals surface area contributed by atoms with Gasteiger partial charge < -0.3 is 9.47 Å². The number of fused-ring (bicyclic) bond motifs is 1. The maximum atomic E-state index is 12.0. The van der Waals surface area contributed by atoms with Gasteiger partial charge in [-0.2, -0.15) is 5.10 Å². The van der Waals surface area contributed by atoms with Crippen LogP contribution in [0.4, 0.5) is 5.95 Å². The van der Waals surface area contributed by atoms with Crippen LogP contribution in [-0.4, -0.2) is 32.4 Å². The first-order valence-electron chi connectivity index (χ1n) is 8.83. The summed E-state index contributed by atoms with van der Waals surface area (Å²) in [6.07, 6.45) is 2.09. The summed E-state index contributed by atoms with van der Waals surface area (Å²) in [5, 5.41) is 4.36. The second kappa shape index (κ2) is 6.35. The van der Waals surface area contributed by atoms with Crippen molar-refractivity contribution in [3.05, 3.63) is 52.4 Å². The van der Waals surface area contributed by atoms with Crippen LogP contribution in [0.25, 0.3) is 11.0 Å². The number of aromatic nitrogens is 4. The van der Waals surface area contributed by atoms with Crippen LogP contribution in [0, 0.1) is 12.8 Å². The minimum atomic E-state index is -0.0108. The summed E-state index contributed by atoms with van der Waals surface area (Å²) in [7, 11) is 2.08. The van der Waals surface area contributed by atoms with Crippen LogP contribution in [0.3, 0.4) is 0 Å². The lowest BCUT2D eigenvalue weighted by atomic mass is 9.97. The van der Waals surface area contributed by atoms with Gasteiger partial charge in [0.05, 0.1) is 16.7 Å². The van der Waals surface area contributed by atoms with Crippen molar-refractivity contribution in [2.75, 3.05) is 18.0 Å². The highest BCUT2D eigenvalue weighted by atomic mass is 16.1. The van der Waals surface area contributed by atoms with Gasteiger partial charge in [-0.15, -0.1) is 0 Å². The molecule has 1 aliphatic heterocycles. The van der Waals surface area contributed by atoms with E-state index in [4.69, 9.17) is 4.98 Å². The van der Waals surface area contributed by atoms with E-state index < -0.39 is 0 Å². The molecule has 3 heterocycles. The lowest BCUT2D eigenvalue weighted by Gasteiger charge is -2.32. The average molecular weight is 337 g/mol. The molecule has 1 aromatic carbocycles. The molecular formula is C19H23N5O. The van der Waals surface area contributed by atoms with E-state index in [-0.39, 0.29) is 5.56 Å². The topological polar surface area (TPSA) is 56.0 Å². The molecule has 0 amide bonds. The number of hydrogen-bond donors (Lipinski definition) is 0. The molecule has 2 aromatic heterocycles. The van der Waals surface area contributed by atoms with E-state index in [1.807, 2.05) is 19.1 Å². The van der Waals surface area contributed by atoms with Crippen LogP contribution in [0.2, 0.25) is 0 Å². The summed E-state index contributed by atoms with van der Waals surface area (Å²) in [5.74, 6) is 1.52. The zero-order chi connectivity index (χ0) is 17.4. The van der Waals surface area contributed by atoms with E-state index in [9.17, 15) is 4.79 Å². The lowest BCUT2D eigenvalue weighted by molar-refractivity contribution is 0.332. The van der Waals surface area contributed by atoms with Crippen molar-refractivity contribution < 1.29 is 0 Å². The van der Waals surface area contributed by atoms with Gasteiger partial charge in [0.25, 0.3) is 5.56 Å². The van der Waals surface area contributed by atoms with E-state index in [1.165, 1.54) is 0 Å².